The molecule has 10 heteroatoms. The standard InChI is InChI=1S/C24H18IN3O5S/c1-32-20-12-16(13-21-23(29)27-24(34-21)26-17-5-3-2-4-6-17)11-19(25)22(20)33-14-15-7-9-18(10-8-15)28(30)31/h2-13H,14H2,1H3,(H,26,27,29)/b21-13-. The molecule has 1 aliphatic heterocycles. The fourth-order valence-electron chi connectivity index (χ4n) is 3.08. The van der Waals surface area contributed by atoms with Crippen LogP contribution in [-0.2, 0) is 11.4 Å². The van der Waals surface area contributed by atoms with Crippen LogP contribution in [0.4, 0.5) is 11.4 Å². The van der Waals surface area contributed by atoms with Crippen LogP contribution in [0.15, 0.2) is 76.6 Å². The van der Waals surface area contributed by atoms with Gasteiger partial charge in [-0.05, 0) is 88.0 Å². The van der Waals surface area contributed by atoms with Gasteiger partial charge >= 0.3 is 0 Å². The number of nitrogens with one attached hydrogen (secondary N) is 1. The van der Waals surface area contributed by atoms with Crippen LogP contribution in [0.1, 0.15) is 11.1 Å². The summed E-state index contributed by atoms with van der Waals surface area (Å²) in [5.74, 6) is 0.854. The minimum atomic E-state index is -0.441. The Morgan fingerprint density at radius 3 is 2.56 bits per heavy atom. The van der Waals surface area contributed by atoms with Gasteiger partial charge in [0.05, 0.1) is 26.2 Å². The third-order valence-corrected chi connectivity index (χ3v) is 6.43. The average Bonchev–Trinajstić information content (AvgIpc) is 3.17. The number of amides is 1. The Morgan fingerprint density at radius 1 is 1.15 bits per heavy atom. The van der Waals surface area contributed by atoms with E-state index in [0.29, 0.717) is 21.6 Å². The molecule has 0 unspecified atom stereocenters. The number of carbonyl (C=O) groups is 1. The predicted octanol–water partition coefficient (Wildman–Crippen LogP) is 5.68. The number of nitro groups is 1. The van der Waals surface area contributed by atoms with E-state index in [0.717, 1.165) is 20.4 Å². The molecule has 1 amide bonds. The van der Waals surface area contributed by atoms with Crippen molar-refractivity contribution in [3.8, 4) is 11.5 Å². The Bertz CT molecular complexity index is 1290. The Hall–Kier alpha value is -3.38. The lowest BCUT2D eigenvalue weighted by Gasteiger charge is -2.14. The van der Waals surface area contributed by atoms with Crippen LogP contribution in [0.5, 0.6) is 11.5 Å². The molecule has 0 bridgehead atoms. The van der Waals surface area contributed by atoms with Gasteiger partial charge in [-0.15, -0.1) is 0 Å². The first-order chi connectivity index (χ1) is 16.4. The Kier molecular flexibility index (Phi) is 7.48. The number of nitrogens with zero attached hydrogens (tertiary/aromatic N) is 2. The van der Waals surface area contributed by atoms with Crippen LogP contribution in [-0.4, -0.2) is 23.1 Å². The second-order valence-electron chi connectivity index (χ2n) is 7.06. The van der Waals surface area contributed by atoms with E-state index in [2.05, 4.69) is 32.9 Å². The van der Waals surface area contributed by atoms with E-state index >= 15 is 0 Å². The molecule has 3 aromatic rings. The third kappa shape index (κ3) is 5.75. The first-order valence-electron chi connectivity index (χ1n) is 10.0. The van der Waals surface area contributed by atoms with Crippen molar-refractivity contribution in [1.82, 2.24) is 5.32 Å². The third-order valence-electron chi connectivity index (χ3n) is 4.72. The maximum Gasteiger partial charge on any atom is 0.269 e. The molecule has 1 saturated heterocycles. The number of aliphatic imine (C=N–C) groups is 1. The van der Waals surface area contributed by atoms with Crippen molar-refractivity contribution in [2.75, 3.05) is 7.11 Å². The monoisotopic (exact) mass is 587 g/mol. The molecule has 1 heterocycles. The zero-order valence-electron chi connectivity index (χ0n) is 17.9. The van der Waals surface area contributed by atoms with E-state index in [1.54, 1.807) is 31.4 Å². The normalized spacial score (nSPS) is 15.4. The fourth-order valence-corrected chi connectivity index (χ4v) is 4.71. The summed E-state index contributed by atoms with van der Waals surface area (Å²) in [5, 5.41) is 14.1. The highest BCUT2D eigenvalue weighted by atomic mass is 127. The second-order valence-corrected chi connectivity index (χ2v) is 9.26. The topological polar surface area (TPSA) is 103 Å². The van der Waals surface area contributed by atoms with Crippen LogP contribution in [0.3, 0.4) is 0 Å². The Labute approximate surface area is 213 Å². The van der Waals surface area contributed by atoms with Crippen LogP contribution in [0, 0.1) is 13.7 Å². The SMILES string of the molecule is COc1cc(/C=C2\SC(=Nc3ccccc3)NC2=O)cc(I)c1OCc1ccc([N+](=O)[O-])cc1. The van der Waals surface area contributed by atoms with Crippen molar-refractivity contribution in [2.24, 2.45) is 4.99 Å². The summed E-state index contributed by atoms with van der Waals surface area (Å²) in [6.45, 7) is 0.225. The molecule has 0 spiro atoms. The molecule has 1 fully saturated rings. The van der Waals surface area contributed by atoms with Crippen molar-refractivity contribution in [1.29, 1.82) is 0 Å². The van der Waals surface area contributed by atoms with Gasteiger partial charge in [0.15, 0.2) is 16.7 Å². The number of para-hydroxylation sites is 1. The second kappa shape index (κ2) is 10.7. The highest BCUT2D eigenvalue weighted by Crippen LogP contribution is 2.36. The smallest absolute Gasteiger partial charge is 0.269 e. The van der Waals surface area contributed by atoms with E-state index < -0.39 is 4.92 Å². The summed E-state index contributed by atoms with van der Waals surface area (Å²) in [5.41, 5.74) is 2.36. The lowest BCUT2D eigenvalue weighted by molar-refractivity contribution is -0.384. The number of non-ortho nitro benzene ring substituents is 1. The van der Waals surface area contributed by atoms with Gasteiger partial charge in [-0.3, -0.25) is 14.9 Å². The largest absolute Gasteiger partial charge is 0.493 e. The summed E-state index contributed by atoms with van der Waals surface area (Å²) < 4.78 is 12.3. The Balaban J connectivity index is 1.51. The van der Waals surface area contributed by atoms with Crippen molar-refractivity contribution in [2.45, 2.75) is 6.61 Å². The van der Waals surface area contributed by atoms with Gasteiger partial charge in [0, 0.05) is 12.1 Å². The van der Waals surface area contributed by atoms with Crippen molar-refractivity contribution >= 4 is 62.9 Å². The summed E-state index contributed by atoms with van der Waals surface area (Å²) in [4.78, 5) is 27.8. The van der Waals surface area contributed by atoms with E-state index in [4.69, 9.17) is 9.47 Å². The summed E-state index contributed by atoms with van der Waals surface area (Å²) in [6, 6.07) is 19.3. The maximum atomic E-state index is 12.4. The number of rotatable bonds is 7. The number of hydrogen-bond donors (Lipinski definition) is 1. The van der Waals surface area contributed by atoms with Gasteiger partial charge in [0.2, 0.25) is 0 Å². The van der Waals surface area contributed by atoms with Crippen molar-refractivity contribution in [3.05, 3.63) is 96.4 Å². The van der Waals surface area contributed by atoms with Gasteiger partial charge < -0.3 is 14.8 Å². The maximum absolute atomic E-state index is 12.4. The summed E-state index contributed by atoms with van der Waals surface area (Å²) >= 11 is 3.42. The first kappa shape index (κ1) is 23.8. The molecule has 172 valence electrons. The van der Waals surface area contributed by atoms with E-state index in [1.807, 2.05) is 36.4 Å². The minimum Gasteiger partial charge on any atom is -0.493 e. The van der Waals surface area contributed by atoms with Gasteiger partial charge in [-0.2, -0.15) is 0 Å². The van der Waals surface area contributed by atoms with Crippen LogP contribution >= 0.6 is 34.4 Å². The number of nitro benzene ring substituents is 1. The summed E-state index contributed by atoms with van der Waals surface area (Å²) in [6.07, 6.45) is 1.78. The highest BCUT2D eigenvalue weighted by molar-refractivity contribution is 14.1. The molecule has 4 rings (SSSR count). The first-order valence-corrected chi connectivity index (χ1v) is 11.9. The van der Waals surface area contributed by atoms with Crippen LogP contribution < -0.4 is 14.8 Å². The van der Waals surface area contributed by atoms with Crippen LogP contribution in [0.2, 0.25) is 0 Å². The number of carbonyl (C=O) groups excluding carboxylic acids is 1. The zero-order valence-corrected chi connectivity index (χ0v) is 20.8. The van der Waals surface area contributed by atoms with Gasteiger partial charge in [-0.1, -0.05) is 18.2 Å². The van der Waals surface area contributed by atoms with Crippen molar-refractivity contribution < 1.29 is 19.2 Å². The quantitative estimate of drug-likeness (QED) is 0.165. The van der Waals surface area contributed by atoms with E-state index in [-0.39, 0.29) is 18.2 Å². The number of methoxy groups -OCH3 is 1. The number of amidine groups is 1. The number of halogens is 1. The summed E-state index contributed by atoms with van der Waals surface area (Å²) in [7, 11) is 1.54. The molecule has 0 atom stereocenters. The van der Waals surface area contributed by atoms with Gasteiger partial charge in [0.1, 0.15) is 6.61 Å². The van der Waals surface area contributed by atoms with Crippen LogP contribution in [0.25, 0.3) is 6.08 Å². The number of ether oxygens (including phenoxy) is 2. The molecule has 3 aromatic carbocycles. The van der Waals surface area contributed by atoms with E-state index in [9.17, 15) is 14.9 Å². The molecule has 0 aromatic heterocycles. The molecule has 0 radical (unpaired) electrons. The lowest BCUT2D eigenvalue weighted by atomic mass is 10.1. The number of benzene rings is 3. The van der Waals surface area contributed by atoms with Gasteiger partial charge in [0.25, 0.3) is 11.6 Å². The molecule has 1 N–H and O–H groups in total. The van der Waals surface area contributed by atoms with Crippen molar-refractivity contribution in [3.63, 3.8) is 0 Å². The zero-order chi connectivity index (χ0) is 24.1. The average molecular weight is 587 g/mol. The highest BCUT2D eigenvalue weighted by Gasteiger charge is 2.24. The molecule has 0 saturated carbocycles. The molecule has 34 heavy (non-hydrogen) atoms. The lowest BCUT2D eigenvalue weighted by Crippen LogP contribution is -2.19. The number of thioether (sulfide) groups is 1. The molecule has 1 aliphatic rings. The number of hydrogen-bond acceptors (Lipinski definition) is 7. The fraction of sp³-hybridized carbons (Fsp3) is 0.0833. The predicted molar refractivity (Wildman–Crippen MR) is 140 cm³/mol. The molecular weight excluding hydrogens is 569 g/mol. The molecule has 8 nitrogen and oxygen atoms in total. The van der Waals surface area contributed by atoms with E-state index in [1.165, 1.54) is 23.9 Å². The Morgan fingerprint density at radius 2 is 1.88 bits per heavy atom. The molecule has 0 aliphatic carbocycles. The van der Waals surface area contributed by atoms with Gasteiger partial charge in [-0.25, -0.2) is 4.99 Å². The minimum absolute atomic E-state index is 0.0269. The molecular formula is C24H18IN3O5S.